The van der Waals surface area contributed by atoms with Crippen molar-refractivity contribution in [2.75, 3.05) is 19.5 Å². The fourth-order valence-corrected chi connectivity index (χ4v) is 2.59. The molecule has 0 radical (unpaired) electrons. The zero-order valence-electron chi connectivity index (χ0n) is 13.9. The summed E-state index contributed by atoms with van der Waals surface area (Å²) in [7, 11) is 2.40. The second kappa shape index (κ2) is 8.41. The number of carbonyl (C=O) groups is 3. The monoisotopic (exact) mass is 354 g/mol. The summed E-state index contributed by atoms with van der Waals surface area (Å²) in [4.78, 5) is 37.8. The summed E-state index contributed by atoms with van der Waals surface area (Å²) in [6.07, 6.45) is 3.41. The molecule has 2 rings (SSSR count). The van der Waals surface area contributed by atoms with Gasteiger partial charge in [0.1, 0.15) is 6.10 Å². The molecule has 25 heavy (non-hydrogen) atoms. The highest BCUT2D eigenvalue weighted by molar-refractivity contribution is 6.37. The maximum Gasteiger partial charge on any atom is 0.396 e. The normalized spacial score (nSPS) is 19.6. The zero-order chi connectivity index (χ0) is 18.4. The summed E-state index contributed by atoms with van der Waals surface area (Å²) in [6, 6.07) is 1.03. The van der Waals surface area contributed by atoms with Gasteiger partial charge in [-0.25, -0.2) is 14.2 Å². The van der Waals surface area contributed by atoms with Gasteiger partial charge in [0.15, 0.2) is 5.82 Å². The molecule has 1 N–H and O–H groups in total. The van der Waals surface area contributed by atoms with Gasteiger partial charge in [-0.1, -0.05) is 0 Å². The number of hydrogen-bond donors (Lipinski definition) is 1. The predicted octanol–water partition coefficient (Wildman–Crippen LogP) is 1.44. The third kappa shape index (κ3) is 4.88. The van der Waals surface area contributed by atoms with Crippen LogP contribution in [-0.4, -0.2) is 43.2 Å². The third-order valence-corrected chi connectivity index (χ3v) is 3.94. The molecule has 1 aromatic rings. The van der Waals surface area contributed by atoms with Crippen molar-refractivity contribution in [3.8, 4) is 5.88 Å². The van der Waals surface area contributed by atoms with Gasteiger partial charge in [-0.05, 0) is 25.7 Å². The second-order valence-electron chi connectivity index (χ2n) is 5.56. The number of aromatic nitrogens is 1. The number of rotatable bonds is 4. The lowest BCUT2D eigenvalue weighted by Crippen LogP contribution is -2.29. The lowest BCUT2D eigenvalue weighted by atomic mass is 9.87. The topological polar surface area (TPSA) is 104 Å². The molecule has 1 aromatic heterocycles. The van der Waals surface area contributed by atoms with Crippen LogP contribution in [-0.2, 0) is 23.9 Å². The van der Waals surface area contributed by atoms with E-state index in [-0.39, 0.29) is 29.6 Å². The first kappa shape index (κ1) is 18.6. The summed E-state index contributed by atoms with van der Waals surface area (Å²) in [6.45, 7) is 0. The number of nitrogens with one attached hydrogen (secondary N) is 1. The lowest BCUT2D eigenvalue weighted by Gasteiger charge is -2.27. The van der Waals surface area contributed by atoms with E-state index >= 15 is 0 Å². The minimum absolute atomic E-state index is 0.0649. The lowest BCUT2D eigenvalue weighted by molar-refractivity contribution is -0.150. The molecule has 0 saturated heterocycles. The summed E-state index contributed by atoms with van der Waals surface area (Å²) in [5, 5.41) is 2.06. The zero-order valence-corrected chi connectivity index (χ0v) is 13.9. The number of halogens is 1. The van der Waals surface area contributed by atoms with Crippen LogP contribution in [0.2, 0.25) is 0 Å². The molecule has 0 aliphatic heterocycles. The Morgan fingerprint density at radius 2 is 1.84 bits per heavy atom. The number of hydrogen-bond acceptors (Lipinski definition) is 7. The van der Waals surface area contributed by atoms with Crippen LogP contribution in [0.15, 0.2) is 12.3 Å². The molecule has 1 saturated carbocycles. The van der Waals surface area contributed by atoms with Gasteiger partial charge in [0, 0.05) is 6.07 Å². The van der Waals surface area contributed by atoms with Crippen molar-refractivity contribution in [3.05, 3.63) is 18.1 Å². The van der Waals surface area contributed by atoms with Gasteiger partial charge in [0.2, 0.25) is 5.88 Å². The second-order valence-corrected chi connectivity index (χ2v) is 5.56. The van der Waals surface area contributed by atoms with E-state index < -0.39 is 17.7 Å². The highest BCUT2D eigenvalue weighted by atomic mass is 19.1. The minimum atomic E-state index is -1.14. The number of carbonyl (C=O) groups excluding carboxylic acids is 3. The van der Waals surface area contributed by atoms with E-state index in [0.717, 1.165) is 19.4 Å². The third-order valence-electron chi connectivity index (χ3n) is 3.94. The molecule has 0 unspecified atom stereocenters. The predicted molar refractivity (Wildman–Crippen MR) is 83.2 cm³/mol. The van der Waals surface area contributed by atoms with Crippen LogP contribution in [0, 0.1) is 11.7 Å². The van der Waals surface area contributed by atoms with Crippen LogP contribution >= 0.6 is 0 Å². The van der Waals surface area contributed by atoms with Crippen molar-refractivity contribution in [2.24, 2.45) is 5.92 Å². The van der Waals surface area contributed by atoms with Crippen LogP contribution in [0.25, 0.3) is 0 Å². The molecule has 1 aliphatic rings. The maximum atomic E-state index is 14.0. The average Bonchev–Trinajstić information content (AvgIpc) is 2.63. The quantitative estimate of drug-likeness (QED) is 0.644. The van der Waals surface area contributed by atoms with E-state index in [0.29, 0.717) is 25.7 Å². The Morgan fingerprint density at radius 3 is 2.40 bits per heavy atom. The molecule has 1 aliphatic carbocycles. The molecule has 8 nitrogen and oxygen atoms in total. The van der Waals surface area contributed by atoms with Gasteiger partial charge >= 0.3 is 17.8 Å². The van der Waals surface area contributed by atoms with Gasteiger partial charge in [-0.2, -0.15) is 0 Å². The van der Waals surface area contributed by atoms with Crippen LogP contribution in [0.1, 0.15) is 25.7 Å². The number of ether oxygens (including phenoxy) is 3. The summed E-state index contributed by atoms with van der Waals surface area (Å²) in [5.74, 6) is -3.32. The number of methoxy groups -OCH3 is 2. The number of nitrogens with zero attached hydrogens (tertiary/aromatic N) is 1. The van der Waals surface area contributed by atoms with Crippen molar-refractivity contribution >= 4 is 23.5 Å². The Kier molecular flexibility index (Phi) is 6.26. The van der Waals surface area contributed by atoms with Crippen molar-refractivity contribution in [3.63, 3.8) is 0 Å². The Hall–Kier alpha value is -2.71. The molecule has 0 bridgehead atoms. The number of esters is 2. The Bertz CT molecular complexity index is 658. The fourth-order valence-electron chi connectivity index (χ4n) is 2.59. The molecule has 1 fully saturated rings. The molecule has 1 amide bonds. The SMILES string of the molecule is COC(=O)C(=O)Nc1cnc(O[C@H]2CC[C@H](C(=O)OC)CC2)cc1F. The van der Waals surface area contributed by atoms with E-state index in [1.165, 1.54) is 7.11 Å². The van der Waals surface area contributed by atoms with Gasteiger partial charge in [-0.3, -0.25) is 9.59 Å². The molecule has 0 atom stereocenters. The molecule has 0 aromatic carbocycles. The Balaban J connectivity index is 1.92. The van der Waals surface area contributed by atoms with Crippen molar-refractivity contribution < 1.29 is 33.0 Å². The molecular formula is C16H19FN2O6. The Morgan fingerprint density at radius 1 is 1.16 bits per heavy atom. The van der Waals surface area contributed by atoms with Gasteiger partial charge in [0.05, 0.1) is 32.0 Å². The van der Waals surface area contributed by atoms with Crippen LogP contribution in [0.3, 0.4) is 0 Å². The highest BCUT2D eigenvalue weighted by Crippen LogP contribution is 2.28. The molecule has 9 heteroatoms. The smallest absolute Gasteiger partial charge is 0.396 e. The van der Waals surface area contributed by atoms with Gasteiger partial charge < -0.3 is 19.5 Å². The minimum Gasteiger partial charge on any atom is -0.474 e. The standard InChI is InChI=1S/C16H19FN2O6/c1-23-15(21)9-3-5-10(6-4-9)25-13-7-11(17)12(8-18-13)19-14(20)16(22)24-2/h7-10H,3-6H2,1-2H3,(H,19,20)/t9-,10-. The summed E-state index contributed by atoms with van der Waals surface area (Å²) in [5.41, 5.74) is -0.253. The first-order valence-electron chi connectivity index (χ1n) is 7.74. The first-order valence-corrected chi connectivity index (χ1v) is 7.74. The van der Waals surface area contributed by atoms with E-state index in [4.69, 9.17) is 9.47 Å². The number of amides is 1. The van der Waals surface area contributed by atoms with Gasteiger partial charge in [-0.15, -0.1) is 0 Å². The fraction of sp³-hybridized carbons (Fsp3) is 0.500. The van der Waals surface area contributed by atoms with Crippen LogP contribution < -0.4 is 10.1 Å². The van der Waals surface area contributed by atoms with Gasteiger partial charge in [0.25, 0.3) is 0 Å². The molecule has 0 spiro atoms. The molecular weight excluding hydrogens is 335 g/mol. The Labute approximate surface area is 143 Å². The number of anilines is 1. The number of pyridine rings is 1. The average molecular weight is 354 g/mol. The highest BCUT2D eigenvalue weighted by Gasteiger charge is 2.28. The van der Waals surface area contributed by atoms with Crippen LogP contribution in [0.4, 0.5) is 10.1 Å². The van der Waals surface area contributed by atoms with E-state index in [2.05, 4.69) is 15.0 Å². The van der Waals surface area contributed by atoms with Crippen molar-refractivity contribution in [1.29, 1.82) is 0 Å². The largest absolute Gasteiger partial charge is 0.474 e. The van der Waals surface area contributed by atoms with E-state index in [9.17, 15) is 18.8 Å². The summed E-state index contributed by atoms with van der Waals surface area (Å²) < 4.78 is 28.6. The summed E-state index contributed by atoms with van der Waals surface area (Å²) >= 11 is 0. The van der Waals surface area contributed by atoms with E-state index in [1.807, 2.05) is 0 Å². The molecule has 136 valence electrons. The maximum absolute atomic E-state index is 14.0. The first-order chi connectivity index (χ1) is 11.9. The van der Waals surface area contributed by atoms with Crippen LogP contribution in [0.5, 0.6) is 5.88 Å². The van der Waals surface area contributed by atoms with E-state index in [1.54, 1.807) is 0 Å². The van der Waals surface area contributed by atoms with Crippen molar-refractivity contribution in [1.82, 2.24) is 4.98 Å². The molecule has 1 heterocycles. The van der Waals surface area contributed by atoms with Crippen molar-refractivity contribution in [2.45, 2.75) is 31.8 Å².